The van der Waals surface area contributed by atoms with Crippen LogP contribution in [0, 0.1) is 18.6 Å². The fraction of sp³-hybridized carbons (Fsp3) is 0.214. The van der Waals surface area contributed by atoms with Crippen LogP contribution in [0.3, 0.4) is 0 Å². The minimum atomic E-state index is 0.558. The molecule has 0 radical (unpaired) electrons. The molecule has 0 bridgehead atoms. The largest absolute Gasteiger partial charge is 0.397 e. The number of nitrogen functional groups attached to an aromatic ring is 1. The van der Waals surface area contributed by atoms with Crippen molar-refractivity contribution >= 4 is 39.5 Å². The molecular formula is C14H15N5S2. The number of rotatable bonds is 3. The van der Waals surface area contributed by atoms with Crippen LogP contribution in [0.4, 0.5) is 5.69 Å². The third-order valence-electron chi connectivity index (χ3n) is 3.30. The number of H-pyrrole nitrogens is 1. The van der Waals surface area contributed by atoms with Crippen LogP contribution in [0.5, 0.6) is 0 Å². The Bertz CT molecular complexity index is 900. The summed E-state index contributed by atoms with van der Waals surface area (Å²) in [5.74, 6) is 0.734. The molecule has 3 N–H and O–H groups in total. The van der Waals surface area contributed by atoms with Crippen molar-refractivity contribution in [1.82, 2.24) is 19.7 Å². The maximum atomic E-state index is 6.34. The number of allylic oxidation sites excluding steroid dienone is 1. The first-order valence-electron chi connectivity index (χ1n) is 6.45. The molecule has 3 aromatic rings. The lowest BCUT2D eigenvalue weighted by molar-refractivity contribution is 0.816. The number of nitrogens with zero attached hydrogens (tertiary/aromatic N) is 3. The summed E-state index contributed by atoms with van der Waals surface area (Å²) >= 11 is 6.79. The Balaban J connectivity index is 2.31. The minimum Gasteiger partial charge on any atom is -0.397 e. The lowest BCUT2D eigenvalue weighted by Gasteiger charge is -2.03. The highest BCUT2D eigenvalue weighted by molar-refractivity contribution is 7.71. The smallest absolute Gasteiger partial charge is 0.195 e. The number of pyridine rings is 1. The van der Waals surface area contributed by atoms with Gasteiger partial charge in [0.2, 0.25) is 0 Å². The zero-order valence-corrected chi connectivity index (χ0v) is 13.4. The van der Waals surface area contributed by atoms with E-state index in [0.29, 0.717) is 17.0 Å². The number of aryl methyl sites for hydroxylation is 2. The van der Waals surface area contributed by atoms with Crippen LogP contribution in [0.25, 0.3) is 20.9 Å². The molecule has 0 aliphatic rings. The van der Waals surface area contributed by atoms with Crippen LogP contribution in [0.2, 0.25) is 0 Å². The molecule has 3 rings (SSSR count). The minimum absolute atomic E-state index is 0.558. The fourth-order valence-electron chi connectivity index (χ4n) is 2.42. The second-order valence-electron chi connectivity index (χ2n) is 4.86. The van der Waals surface area contributed by atoms with Gasteiger partial charge < -0.3 is 5.73 Å². The van der Waals surface area contributed by atoms with Crippen LogP contribution < -0.4 is 5.73 Å². The van der Waals surface area contributed by atoms with Crippen molar-refractivity contribution in [3.8, 4) is 10.7 Å². The monoisotopic (exact) mass is 317 g/mol. The molecular weight excluding hydrogens is 302 g/mol. The highest BCUT2D eigenvalue weighted by Crippen LogP contribution is 2.40. The number of anilines is 1. The predicted molar refractivity (Wildman–Crippen MR) is 90.1 cm³/mol. The van der Waals surface area contributed by atoms with E-state index in [1.54, 1.807) is 6.08 Å². The Morgan fingerprint density at radius 3 is 3.00 bits per heavy atom. The zero-order valence-electron chi connectivity index (χ0n) is 11.8. The molecule has 0 amide bonds. The Hall–Kier alpha value is -1.99. The molecule has 3 aromatic heterocycles. The van der Waals surface area contributed by atoms with Gasteiger partial charge in [-0.15, -0.1) is 17.9 Å². The Morgan fingerprint density at radius 1 is 1.52 bits per heavy atom. The molecule has 0 atom stereocenters. The summed E-state index contributed by atoms with van der Waals surface area (Å²) in [6.45, 7) is 8.37. The first kappa shape index (κ1) is 14.0. The van der Waals surface area contributed by atoms with E-state index < -0.39 is 0 Å². The Labute approximate surface area is 131 Å². The Kier molecular flexibility index (Phi) is 3.38. The van der Waals surface area contributed by atoms with Gasteiger partial charge in [0.05, 0.1) is 10.6 Å². The number of aromatic nitrogens is 4. The van der Waals surface area contributed by atoms with E-state index in [4.69, 9.17) is 18.0 Å². The van der Waals surface area contributed by atoms with Crippen molar-refractivity contribution < 1.29 is 0 Å². The summed E-state index contributed by atoms with van der Waals surface area (Å²) in [6, 6.07) is 2.04. The average Bonchev–Trinajstić information content (AvgIpc) is 2.92. The van der Waals surface area contributed by atoms with Crippen molar-refractivity contribution in [2.24, 2.45) is 0 Å². The van der Waals surface area contributed by atoms with Gasteiger partial charge in [0, 0.05) is 17.6 Å². The molecule has 0 saturated heterocycles. The number of fused-ring (bicyclic) bond motifs is 1. The number of nitrogens with two attached hydrogens (primary N) is 1. The molecule has 0 aliphatic heterocycles. The summed E-state index contributed by atoms with van der Waals surface area (Å²) in [4.78, 5) is 6.39. The molecule has 0 unspecified atom stereocenters. The average molecular weight is 317 g/mol. The third kappa shape index (κ3) is 2.18. The summed E-state index contributed by atoms with van der Waals surface area (Å²) < 4.78 is 2.44. The third-order valence-corrected chi connectivity index (χ3v) is 4.70. The van der Waals surface area contributed by atoms with E-state index in [0.717, 1.165) is 32.2 Å². The van der Waals surface area contributed by atoms with E-state index in [1.165, 1.54) is 11.3 Å². The van der Waals surface area contributed by atoms with Gasteiger partial charge in [-0.2, -0.15) is 5.10 Å². The van der Waals surface area contributed by atoms with Crippen LogP contribution >= 0.6 is 23.6 Å². The van der Waals surface area contributed by atoms with E-state index in [9.17, 15) is 0 Å². The molecule has 3 heterocycles. The fourth-order valence-corrected chi connectivity index (χ4v) is 3.85. The lowest BCUT2D eigenvalue weighted by Crippen LogP contribution is -1.99. The summed E-state index contributed by atoms with van der Waals surface area (Å²) in [5, 5.41) is 8.13. The van der Waals surface area contributed by atoms with Crippen LogP contribution in [0.15, 0.2) is 18.7 Å². The Morgan fingerprint density at radius 2 is 2.29 bits per heavy atom. The normalized spacial score (nSPS) is 11.1. The summed E-state index contributed by atoms with van der Waals surface area (Å²) in [6.07, 6.45) is 1.78. The van der Waals surface area contributed by atoms with Crippen molar-refractivity contribution in [2.75, 3.05) is 5.73 Å². The van der Waals surface area contributed by atoms with Crippen molar-refractivity contribution in [2.45, 2.75) is 20.4 Å². The van der Waals surface area contributed by atoms with Crippen molar-refractivity contribution in [3.63, 3.8) is 0 Å². The summed E-state index contributed by atoms with van der Waals surface area (Å²) in [7, 11) is 0. The number of nitrogens with one attached hydrogen (secondary N) is 1. The van der Waals surface area contributed by atoms with Gasteiger partial charge in [-0.3, -0.25) is 9.67 Å². The van der Waals surface area contributed by atoms with Crippen LogP contribution in [-0.2, 0) is 6.54 Å². The highest BCUT2D eigenvalue weighted by atomic mass is 32.1. The van der Waals surface area contributed by atoms with E-state index in [1.807, 2.05) is 24.5 Å². The van der Waals surface area contributed by atoms with Gasteiger partial charge >= 0.3 is 0 Å². The van der Waals surface area contributed by atoms with E-state index in [2.05, 4.69) is 21.8 Å². The topological polar surface area (TPSA) is 72.5 Å². The maximum Gasteiger partial charge on any atom is 0.195 e. The lowest BCUT2D eigenvalue weighted by atomic mass is 10.1. The second kappa shape index (κ2) is 5.09. The number of hydrogen-bond acceptors (Lipinski definition) is 5. The SMILES string of the molecule is C=CCn1c(-c2sc3nc(C)cc(C)c3c2N)n[nH]c1=S. The molecule has 7 heteroatoms. The van der Waals surface area contributed by atoms with Crippen LogP contribution in [-0.4, -0.2) is 19.7 Å². The van der Waals surface area contributed by atoms with E-state index in [-0.39, 0.29) is 0 Å². The standard InChI is InChI=1S/C14H15N5S2/c1-4-5-19-12(17-18-14(19)20)11-10(15)9-7(2)6-8(3)16-13(9)21-11/h4,6H,1,5,15H2,2-3H3,(H,18,20). The van der Waals surface area contributed by atoms with Gasteiger partial charge in [-0.25, -0.2) is 4.98 Å². The van der Waals surface area contributed by atoms with Gasteiger partial charge in [0.15, 0.2) is 10.6 Å². The molecule has 5 nitrogen and oxygen atoms in total. The first-order valence-corrected chi connectivity index (χ1v) is 7.68. The van der Waals surface area contributed by atoms with Crippen LogP contribution in [0.1, 0.15) is 11.3 Å². The van der Waals surface area contributed by atoms with Gasteiger partial charge in [0.1, 0.15) is 4.83 Å². The second-order valence-corrected chi connectivity index (χ2v) is 6.24. The highest BCUT2D eigenvalue weighted by Gasteiger charge is 2.19. The number of hydrogen-bond donors (Lipinski definition) is 2. The molecule has 0 aromatic carbocycles. The molecule has 21 heavy (non-hydrogen) atoms. The quantitative estimate of drug-likeness (QED) is 0.572. The maximum absolute atomic E-state index is 6.34. The number of thiophene rings is 1. The zero-order chi connectivity index (χ0) is 15.1. The summed E-state index contributed by atoms with van der Waals surface area (Å²) in [5.41, 5.74) is 9.16. The van der Waals surface area contributed by atoms with Crippen molar-refractivity contribution in [1.29, 1.82) is 0 Å². The van der Waals surface area contributed by atoms with Crippen molar-refractivity contribution in [3.05, 3.63) is 34.7 Å². The van der Waals surface area contributed by atoms with Gasteiger partial charge in [-0.1, -0.05) is 6.08 Å². The molecule has 0 fully saturated rings. The van der Waals surface area contributed by atoms with Gasteiger partial charge in [0.25, 0.3) is 0 Å². The first-order chi connectivity index (χ1) is 10.0. The molecule has 0 aliphatic carbocycles. The predicted octanol–water partition coefficient (Wildman–Crippen LogP) is 3.60. The van der Waals surface area contributed by atoms with Gasteiger partial charge in [-0.05, 0) is 37.7 Å². The molecule has 108 valence electrons. The molecule has 0 saturated carbocycles. The number of aromatic amines is 1. The van der Waals surface area contributed by atoms with E-state index >= 15 is 0 Å². The molecule has 0 spiro atoms.